The van der Waals surface area contributed by atoms with E-state index in [1.807, 2.05) is 19.1 Å². The van der Waals surface area contributed by atoms with Crippen molar-refractivity contribution in [1.82, 2.24) is 9.80 Å². The van der Waals surface area contributed by atoms with E-state index in [0.29, 0.717) is 32.0 Å². The molecule has 6 heteroatoms. The molecule has 4 aliphatic heterocycles. The number of hydrogen-bond donors (Lipinski definition) is 0. The van der Waals surface area contributed by atoms with Crippen LogP contribution in [0, 0.1) is 20.9 Å². The first kappa shape index (κ1) is 14.8. The van der Waals surface area contributed by atoms with E-state index in [-0.39, 0.29) is 27.6 Å². The van der Waals surface area contributed by atoms with E-state index in [4.69, 9.17) is 0 Å². The van der Waals surface area contributed by atoms with Gasteiger partial charge in [0.2, 0.25) is 0 Å². The molecule has 0 aliphatic carbocycles. The second kappa shape index (κ2) is 4.61. The zero-order valence-electron chi connectivity index (χ0n) is 13.5. The van der Waals surface area contributed by atoms with Gasteiger partial charge in [0.05, 0.1) is 27.5 Å². The molecule has 2 atom stereocenters. The predicted octanol–water partition coefficient (Wildman–Crippen LogP) is 2.21. The third-order valence-electron chi connectivity index (χ3n) is 5.93. The highest BCUT2D eigenvalue weighted by Gasteiger charge is 2.63. The van der Waals surface area contributed by atoms with Gasteiger partial charge in [-0.15, -0.1) is 0 Å². The van der Waals surface area contributed by atoms with Gasteiger partial charge in [-0.3, -0.25) is 24.7 Å². The van der Waals surface area contributed by atoms with Gasteiger partial charge < -0.3 is 0 Å². The topological polar surface area (TPSA) is 66.7 Å². The normalized spacial score (nSPS) is 41.3. The number of nitro benzene ring substituents is 1. The maximum Gasteiger partial charge on any atom is 0.275 e. The first-order valence-electron chi connectivity index (χ1n) is 8.17. The van der Waals surface area contributed by atoms with E-state index in [1.165, 1.54) is 0 Å². The number of hydrogen-bond acceptors (Lipinski definition) is 5. The van der Waals surface area contributed by atoms with Gasteiger partial charge >= 0.3 is 0 Å². The Kier molecular flexibility index (Phi) is 2.96. The molecule has 0 amide bonds. The van der Waals surface area contributed by atoms with Gasteiger partial charge in [-0.25, -0.2) is 0 Å². The molecular weight excluding hydrogens is 294 g/mol. The first-order valence-corrected chi connectivity index (χ1v) is 8.17. The second-order valence-corrected chi connectivity index (χ2v) is 7.52. The molecule has 0 radical (unpaired) electrons. The van der Waals surface area contributed by atoms with Crippen molar-refractivity contribution in [3.63, 3.8) is 0 Å². The Hall–Kier alpha value is -1.79. The molecule has 23 heavy (non-hydrogen) atoms. The minimum atomic E-state index is -0.341. The van der Waals surface area contributed by atoms with E-state index in [2.05, 4.69) is 16.7 Å². The molecule has 1 aromatic carbocycles. The standard InChI is InChI=1S/C17H21N3O3/c1-3-17-10-18-8-16(2,15(17)21)9-19(11-17)14(18)12-6-4-5-7-13(12)20(22)23/h4-7,14H,3,8-11H2,1-2H3. The molecule has 4 bridgehead atoms. The summed E-state index contributed by atoms with van der Waals surface area (Å²) < 4.78 is 0. The van der Waals surface area contributed by atoms with Crippen LogP contribution >= 0.6 is 0 Å². The summed E-state index contributed by atoms with van der Waals surface area (Å²) in [5, 5.41) is 11.4. The Balaban J connectivity index is 1.79. The average Bonchev–Trinajstić information content (AvgIpc) is 2.51. The lowest BCUT2D eigenvalue weighted by Crippen LogP contribution is -2.76. The number of nitro groups is 1. The number of Topliss-reactive ketones (excluding diaryl/α,β-unsaturated/α-hetero) is 1. The van der Waals surface area contributed by atoms with Crippen molar-refractivity contribution in [3.05, 3.63) is 39.9 Å². The van der Waals surface area contributed by atoms with Gasteiger partial charge in [0.25, 0.3) is 5.69 Å². The fourth-order valence-corrected chi connectivity index (χ4v) is 5.04. The molecule has 4 saturated heterocycles. The Morgan fingerprint density at radius 3 is 2.39 bits per heavy atom. The molecule has 0 saturated carbocycles. The third kappa shape index (κ3) is 1.85. The maximum atomic E-state index is 12.9. The zero-order chi connectivity index (χ0) is 16.4. The van der Waals surface area contributed by atoms with Gasteiger partial charge in [-0.2, -0.15) is 0 Å². The summed E-state index contributed by atoms with van der Waals surface area (Å²) in [5.74, 6) is 0.390. The Morgan fingerprint density at radius 2 is 1.83 bits per heavy atom. The number of rotatable bonds is 3. The summed E-state index contributed by atoms with van der Waals surface area (Å²) in [6.45, 7) is 6.95. The zero-order valence-corrected chi connectivity index (χ0v) is 13.5. The molecule has 1 aromatic rings. The van der Waals surface area contributed by atoms with Gasteiger partial charge in [0, 0.05) is 32.2 Å². The molecule has 4 aliphatic rings. The van der Waals surface area contributed by atoms with Crippen LogP contribution in [0.25, 0.3) is 0 Å². The highest BCUT2D eigenvalue weighted by molar-refractivity contribution is 5.93. The van der Waals surface area contributed by atoms with Crippen molar-refractivity contribution in [2.45, 2.75) is 26.4 Å². The van der Waals surface area contributed by atoms with Crippen LogP contribution in [0.15, 0.2) is 24.3 Å². The molecule has 0 aromatic heterocycles. The van der Waals surface area contributed by atoms with E-state index < -0.39 is 0 Å². The number of carbonyl (C=O) groups excluding carboxylic acids is 1. The number of para-hydroxylation sites is 1. The lowest BCUT2D eigenvalue weighted by Gasteiger charge is -2.65. The van der Waals surface area contributed by atoms with Gasteiger partial charge in [-0.1, -0.05) is 26.0 Å². The maximum absolute atomic E-state index is 12.9. The number of carbonyl (C=O) groups is 1. The highest BCUT2D eigenvalue weighted by Crippen LogP contribution is 2.54. The van der Waals surface area contributed by atoms with E-state index in [0.717, 1.165) is 12.0 Å². The van der Waals surface area contributed by atoms with E-state index in [9.17, 15) is 14.9 Å². The third-order valence-corrected chi connectivity index (χ3v) is 5.93. The highest BCUT2D eigenvalue weighted by atomic mass is 16.6. The van der Waals surface area contributed by atoms with E-state index >= 15 is 0 Å². The molecular formula is C17H21N3O3. The van der Waals surface area contributed by atoms with Crippen molar-refractivity contribution in [2.75, 3.05) is 26.2 Å². The van der Waals surface area contributed by atoms with Crippen LogP contribution in [0.5, 0.6) is 0 Å². The molecule has 2 unspecified atom stereocenters. The molecule has 0 spiro atoms. The van der Waals surface area contributed by atoms with Crippen molar-refractivity contribution in [2.24, 2.45) is 10.8 Å². The molecule has 6 nitrogen and oxygen atoms in total. The Morgan fingerprint density at radius 1 is 1.22 bits per heavy atom. The van der Waals surface area contributed by atoms with Crippen LogP contribution in [0.3, 0.4) is 0 Å². The number of nitrogens with zero attached hydrogens (tertiary/aromatic N) is 3. The van der Waals surface area contributed by atoms with E-state index in [1.54, 1.807) is 12.1 Å². The number of ketones is 1. The van der Waals surface area contributed by atoms with Gasteiger partial charge in [-0.05, 0) is 12.5 Å². The number of piperidine rings is 2. The minimum Gasteiger partial charge on any atom is -0.298 e. The summed E-state index contributed by atoms with van der Waals surface area (Å²) in [5.41, 5.74) is 0.281. The van der Waals surface area contributed by atoms with Crippen molar-refractivity contribution < 1.29 is 9.72 Å². The summed E-state index contributed by atoms with van der Waals surface area (Å²) in [6, 6.07) is 7.00. The quantitative estimate of drug-likeness (QED) is 0.632. The lowest BCUT2D eigenvalue weighted by molar-refractivity contribution is -0.386. The Bertz CT molecular complexity index is 686. The molecule has 122 valence electrons. The van der Waals surface area contributed by atoms with Crippen LogP contribution in [-0.2, 0) is 4.79 Å². The molecule has 5 rings (SSSR count). The second-order valence-electron chi connectivity index (χ2n) is 7.52. The molecule has 4 heterocycles. The minimum absolute atomic E-state index is 0.0857. The van der Waals surface area contributed by atoms with Crippen molar-refractivity contribution >= 4 is 11.5 Å². The average molecular weight is 315 g/mol. The molecule has 4 fully saturated rings. The van der Waals surface area contributed by atoms with Crippen LogP contribution in [0.1, 0.15) is 32.0 Å². The first-order chi connectivity index (χ1) is 10.9. The predicted molar refractivity (Wildman–Crippen MR) is 84.8 cm³/mol. The summed E-state index contributed by atoms with van der Waals surface area (Å²) in [4.78, 5) is 28.6. The van der Waals surface area contributed by atoms with Crippen molar-refractivity contribution in [1.29, 1.82) is 0 Å². The summed E-state index contributed by atoms with van der Waals surface area (Å²) >= 11 is 0. The van der Waals surface area contributed by atoms with Crippen LogP contribution in [0.2, 0.25) is 0 Å². The largest absolute Gasteiger partial charge is 0.298 e. The van der Waals surface area contributed by atoms with Crippen LogP contribution < -0.4 is 0 Å². The summed E-state index contributed by atoms with van der Waals surface area (Å²) in [7, 11) is 0. The van der Waals surface area contributed by atoms with Crippen LogP contribution in [-0.4, -0.2) is 46.7 Å². The monoisotopic (exact) mass is 315 g/mol. The summed E-state index contributed by atoms with van der Waals surface area (Å²) in [6.07, 6.45) is 0.746. The SMILES string of the molecule is CCC12CN3CC(C)(CN(C1)C3c1ccccc1[N+](=O)[O-])C2=O. The van der Waals surface area contributed by atoms with Gasteiger partial charge in [0.15, 0.2) is 0 Å². The number of benzene rings is 1. The van der Waals surface area contributed by atoms with Gasteiger partial charge in [0.1, 0.15) is 5.78 Å². The van der Waals surface area contributed by atoms with Crippen molar-refractivity contribution in [3.8, 4) is 0 Å². The Labute approximate surface area is 135 Å². The van der Waals surface area contributed by atoms with Crippen LogP contribution in [0.4, 0.5) is 5.69 Å². The fourth-order valence-electron chi connectivity index (χ4n) is 5.04. The lowest BCUT2D eigenvalue weighted by atomic mass is 9.60. The molecule has 0 N–H and O–H groups in total. The fraction of sp³-hybridized carbons (Fsp3) is 0.588. The smallest absolute Gasteiger partial charge is 0.275 e.